The van der Waals surface area contributed by atoms with E-state index in [-0.39, 0.29) is 5.91 Å². The Hall–Kier alpha value is -1.75. The van der Waals surface area contributed by atoms with E-state index in [9.17, 15) is 4.79 Å². The highest BCUT2D eigenvalue weighted by Gasteiger charge is 2.27. The van der Waals surface area contributed by atoms with E-state index < -0.39 is 0 Å². The largest absolute Gasteiger partial charge is 0.497 e. The lowest BCUT2D eigenvalue weighted by Gasteiger charge is -2.18. The normalized spacial score (nSPS) is 18.6. The summed E-state index contributed by atoms with van der Waals surface area (Å²) in [5, 5.41) is 0. The summed E-state index contributed by atoms with van der Waals surface area (Å²) < 4.78 is 10.3. The van der Waals surface area contributed by atoms with Gasteiger partial charge in [0.2, 0.25) is 0 Å². The third kappa shape index (κ3) is 2.98. The summed E-state index contributed by atoms with van der Waals surface area (Å²) in [4.78, 5) is 14.3. The standard InChI is InChI=1S/C14H20N2O3/c1-18-9-10-5-6-16(8-10)14(17)12-7-11(19-2)3-4-13(12)15/h3-4,7,10H,5-6,8-9,15H2,1-2H3. The number of nitrogens with two attached hydrogens (primary N) is 1. The predicted octanol–water partition coefficient (Wildman–Crippen LogP) is 1.39. The fourth-order valence-electron chi connectivity index (χ4n) is 2.41. The van der Waals surface area contributed by atoms with Crippen LogP contribution in [-0.4, -0.2) is 44.7 Å². The predicted molar refractivity (Wildman–Crippen MR) is 73.3 cm³/mol. The molecule has 1 fully saturated rings. The summed E-state index contributed by atoms with van der Waals surface area (Å²) in [5.74, 6) is 1.03. The molecule has 0 radical (unpaired) electrons. The number of amides is 1. The first-order chi connectivity index (χ1) is 9.15. The van der Waals surface area contributed by atoms with E-state index in [0.29, 0.717) is 29.5 Å². The van der Waals surface area contributed by atoms with E-state index in [4.69, 9.17) is 15.2 Å². The molecule has 0 aliphatic carbocycles. The molecule has 0 bridgehead atoms. The molecule has 5 heteroatoms. The Balaban J connectivity index is 2.12. The summed E-state index contributed by atoms with van der Waals surface area (Å²) in [7, 11) is 3.26. The zero-order valence-corrected chi connectivity index (χ0v) is 11.4. The van der Waals surface area contributed by atoms with Gasteiger partial charge in [0.1, 0.15) is 5.75 Å². The summed E-state index contributed by atoms with van der Waals surface area (Å²) in [6.45, 7) is 2.17. The van der Waals surface area contributed by atoms with Crippen LogP contribution in [0.5, 0.6) is 5.75 Å². The van der Waals surface area contributed by atoms with E-state index in [2.05, 4.69) is 0 Å². The molecule has 1 aliphatic rings. The van der Waals surface area contributed by atoms with Crippen LogP contribution in [0.25, 0.3) is 0 Å². The number of carbonyl (C=O) groups excluding carboxylic acids is 1. The van der Waals surface area contributed by atoms with E-state index >= 15 is 0 Å². The first kappa shape index (κ1) is 13.7. The van der Waals surface area contributed by atoms with Gasteiger partial charge in [-0.05, 0) is 24.6 Å². The first-order valence-corrected chi connectivity index (χ1v) is 6.37. The fourth-order valence-corrected chi connectivity index (χ4v) is 2.41. The highest BCUT2D eigenvalue weighted by atomic mass is 16.5. The molecule has 1 aromatic rings. The number of likely N-dealkylation sites (tertiary alicyclic amines) is 1. The minimum absolute atomic E-state index is 0.0324. The molecule has 2 rings (SSSR count). The van der Waals surface area contributed by atoms with E-state index in [0.717, 1.165) is 19.5 Å². The fraction of sp³-hybridized carbons (Fsp3) is 0.500. The number of anilines is 1. The van der Waals surface area contributed by atoms with Crippen LogP contribution >= 0.6 is 0 Å². The molecule has 1 unspecified atom stereocenters. The number of methoxy groups -OCH3 is 2. The number of nitrogen functional groups attached to an aromatic ring is 1. The third-order valence-electron chi connectivity index (χ3n) is 3.47. The van der Waals surface area contributed by atoms with Crippen molar-refractivity contribution in [2.45, 2.75) is 6.42 Å². The van der Waals surface area contributed by atoms with Gasteiger partial charge in [-0.3, -0.25) is 4.79 Å². The van der Waals surface area contributed by atoms with Gasteiger partial charge < -0.3 is 20.1 Å². The van der Waals surface area contributed by atoms with Crippen molar-refractivity contribution in [2.24, 2.45) is 5.92 Å². The maximum Gasteiger partial charge on any atom is 0.256 e. The highest BCUT2D eigenvalue weighted by Crippen LogP contribution is 2.24. The Morgan fingerprint density at radius 1 is 1.47 bits per heavy atom. The molecule has 5 nitrogen and oxygen atoms in total. The summed E-state index contributed by atoms with van der Waals surface area (Å²) in [6, 6.07) is 5.15. The van der Waals surface area contributed by atoms with Crippen molar-refractivity contribution in [1.29, 1.82) is 0 Å². The molecule has 104 valence electrons. The number of ether oxygens (including phenoxy) is 2. The van der Waals surface area contributed by atoms with Gasteiger partial charge in [0.15, 0.2) is 0 Å². The molecule has 1 aliphatic heterocycles. The van der Waals surface area contributed by atoms with Gasteiger partial charge in [0, 0.05) is 31.8 Å². The average Bonchev–Trinajstić information content (AvgIpc) is 2.88. The molecule has 1 atom stereocenters. The smallest absolute Gasteiger partial charge is 0.256 e. The van der Waals surface area contributed by atoms with Crippen LogP contribution in [0.2, 0.25) is 0 Å². The van der Waals surface area contributed by atoms with Gasteiger partial charge in [-0.25, -0.2) is 0 Å². The Morgan fingerprint density at radius 3 is 2.95 bits per heavy atom. The monoisotopic (exact) mass is 264 g/mol. The quantitative estimate of drug-likeness (QED) is 0.835. The van der Waals surface area contributed by atoms with Crippen LogP contribution in [0.3, 0.4) is 0 Å². The van der Waals surface area contributed by atoms with Crippen molar-refractivity contribution in [3.05, 3.63) is 23.8 Å². The zero-order valence-electron chi connectivity index (χ0n) is 11.4. The van der Waals surface area contributed by atoms with Crippen LogP contribution in [0.4, 0.5) is 5.69 Å². The topological polar surface area (TPSA) is 64.8 Å². The number of hydrogen-bond donors (Lipinski definition) is 1. The molecule has 1 heterocycles. The van der Waals surface area contributed by atoms with Gasteiger partial charge in [0.25, 0.3) is 5.91 Å². The maximum atomic E-state index is 12.4. The van der Waals surface area contributed by atoms with Crippen LogP contribution in [0, 0.1) is 5.92 Å². The second kappa shape index (κ2) is 5.93. The van der Waals surface area contributed by atoms with Crippen molar-refractivity contribution >= 4 is 11.6 Å². The van der Waals surface area contributed by atoms with E-state index in [1.54, 1.807) is 32.4 Å². The molecular formula is C14H20N2O3. The lowest BCUT2D eigenvalue weighted by molar-refractivity contribution is 0.0776. The van der Waals surface area contributed by atoms with Crippen molar-refractivity contribution in [2.75, 3.05) is 39.6 Å². The van der Waals surface area contributed by atoms with Crippen LogP contribution in [0.1, 0.15) is 16.8 Å². The first-order valence-electron chi connectivity index (χ1n) is 6.37. The maximum absolute atomic E-state index is 12.4. The molecule has 1 amide bonds. The molecule has 0 saturated carbocycles. The minimum Gasteiger partial charge on any atom is -0.497 e. The minimum atomic E-state index is -0.0324. The molecule has 1 aromatic carbocycles. The molecule has 0 aromatic heterocycles. The van der Waals surface area contributed by atoms with Gasteiger partial charge in [-0.2, -0.15) is 0 Å². The number of carbonyl (C=O) groups is 1. The van der Waals surface area contributed by atoms with Gasteiger partial charge >= 0.3 is 0 Å². The molecule has 19 heavy (non-hydrogen) atoms. The number of hydrogen-bond acceptors (Lipinski definition) is 4. The lowest BCUT2D eigenvalue weighted by Crippen LogP contribution is -2.29. The summed E-state index contributed by atoms with van der Waals surface area (Å²) in [6.07, 6.45) is 0.976. The molecule has 2 N–H and O–H groups in total. The lowest BCUT2D eigenvalue weighted by atomic mass is 10.1. The number of rotatable bonds is 4. The van der Waals surface area contributed by atoms with Crippen molar-refractivity contribution in [3.8, 4) is 5.75 Å². The SMILES string of the molecule is COCC1CCN(C(=O)c2cc(OC)ccc2N)C1. The van der Waals surface area contributed by atoms with E-state index in [1.807, 2.05) is 4.90 Å². The second-order valence-electron chi connectivity index (χ2n) is 4.81. The average molecular weight is 264 g/mol. The van der Waals surface area contributed by atoms with E-state index in [1.165, 1.54) is 0 Å². The van der Waals surface area contributed by atoms with Crippen molar-refractivity contribution in [1.82, 2.24) is 4.90 Å². The van der Waals surface area contributed by atoms with Gasteiger partial charge in [-0.1, -0.05) is 0 Å². The Kier molecular flexibility index (Phi) is 4.27. The summed E-state index contributed by atoms with van der Waals surface area (Å²) >= 11 is 0. The van der Waals surface area contributed by atoms with Crippen molar-refractivity contribution in [3.63, 3.8) is 0 Å². The molecule has 0 spiro atoms. The number of nitrogens with zero attached hydrogens (tertiary/aromatic N) is 1. The molecule has 1 saturated heterocycles. The Labute approximate surface area is 113 Å². The molecular weight excluding hydrogens is 244 g/mol. The third-order valence-corrected chi connectivity index (χ3v) is 3.47. The van der Waals surface area contributed by atoms with Crippen molar-refractivity contribution < 1.29 is 14.3 Å². The van der Waals surface area contributed by atoms with Crippen LogP contribution < -0.4 is 10.5 Å². The van der Waals surface area contributed by atoms with Crippen LogP contribution in [0.15, 0.2) is 18.2 Å². The Morgan fingerprint density at radius 2 is 2.26 bits per heavy atom. The highest BCUT2D eigenvalue weighted by molar-refractivity contribution is 5.99. The second-order valence-corrected chi connectivity index (χ2v) is 4.81. The van der Waals surface area contributed by atoms with Gasteiger partial charge in [-0.15, -0.1) is 0 Å². The Bertz CT molecular complexity index is 462. The number of benzene rings is 1. The van der Waals surface area contributed by atoms with Gasteiger partial charge in [0.05, 0.1) is 19.3 Å². The van der Waals surface area contributed by atoms with Crippen LogP contribution in [-0.2, 0) is 4.74 Å². The summed E-state index contributed by atoms with van der Waals surface area (Å²) in [5.41, 5.74) is 6.88. The zero-order chi connectivity index (χ0) is 13.8.